The summed E-state index contributed by atoms with van der Waals surface area (Å²) in [6.07, 6.45) is 0. The van der Waals surface area contributed by atoms with E-state index in [-0.39, 0.29) is 0 Å². The average molecular weight is 613 g/mol. The molecule has 0 radical (unpaired) electrons. The van der Waals surface area contributed by atoms with Gasteiger partial charge in [0.15, 0.2) is 10.3 Å². The Morgan fingerprint density at radius 1 is 0.455 bits per heavy atom. The molecule has 4 heterocycles. The average Bonchev–Trinajstić information content (AvgIpc) is 3.52. The van der Waals surface area contributed by atoms with Gasteiger partial charge in [0.2, 0.25) is 0 Å². The molecule has 2 aliphatic heterocycles. The molecule has 8 nitrogen and oxygen atoms in total. The summed E-state index contributed by atoms with van der Waals surface area (Å²) < 4.78 is 0. The topological polar surface area (TPSA) is 101 Å². The number of imide groups is 2. The summed E-state index contributed by atoms with van der Waals surface area (Å²) >= 11 is 2.65. The first-order valence-electron chi connectivity index (χ1n) is 14.0. The van der Waals surface area contributed by atoms with Crippen molar-refractivity contribution < 1.29 is 19.2 Å². The smallest absolute Gasteiger partial charge is 0.267 e. The highest BCUT2D eigenvalue weighted by atomic mass is 32.1. The summed E-state index contributed by atoms with van der Waals surface area (Å²) in [6, 6.07) is 14.7. The van der Waals surface area contributed by atoms with E-state index in [1.165, 1.54) is 32.5 Å². The molecule has 0 fully saturated rings. The lowest BCUT2D eigenvalue weighted by Gasteiger charge is -2.28. The second kappa shape index (κ2) is 8.31. The van der Waals surface area contributed by atoms with Crippen LogP contribution in [0.25, 0.3) is 43.1 Å². The predicted octanol–water partition coefficient (Wildman–Crippen LogP) is 7.49. The van der Waals surface area contributed by atoms with E-state index in [1.807, 2.05) is 52.0 Å². The van der Waals surface area contributed by atoms with Crippen molar-refractivity contribution in [3.05, 3.63) is 91.9 Å². The number of aryl methyl sites for hydroxylation is 4. The van der Waals surface area contributed by atoms with E-state index < -0.39 is 23.6 Å². The first-order valence-corrected chi connectivity index (χ1v) is 15.6. The molecule has 10 heteroatoms. The molecule has 0 saturated heterocycles. The van der Waals surface area contributed by atoms with Crippen molar-refractivity contribution >= 4 is 99.7 Å². The molecule has 0 aliphatic carbocycles. The van der Waals surface area contributed by atoms with E-state index in [9.17, 15) is 19.2 Å². The zero-order valence-corrected chi connectivity index (χ0v) is 25.5. The summed E-state index contributed by atoms with van der Waals surface area (Å²) in [5, 5.41) is 6.97. The zero-order valence-electron chi connectivity index (χ0n) is 23.9. The number of carbonyl (C=O) groups excluding carboxylic acids is 4. The number of rotatable bonds is 2. The number of carbonyl (C=O) groups is 4. The molecule has 0 unspecified atom stereocenters. The van der Waals surface area contributed by atoms with Crippen LogP contribution in [0.1, 0.15) is 62.6 Å². The Morgan fingerprint density at radius 2 is 0.750 bits per heavy atom. The minimum absolute atomic E-state index is 0.366. The molecular weight excluding hydrogens is 593 g/mol. The van der Waals surface area contributed by atoms with Gasteiger partial charge in [0.1, 0.15) is 0 Å². The van der Waals surface area contributed by atoms with Crippen molar-refractivity contribution in [2.24, 2.45) is 0 Å². The van der Waals surface area contributed by atoms with Gasteiger partial charge in [0, 0.05) is 42.8 Å². The zero-order chi connectivity index (χ0) is 30.3. The van der Waals surface area contributed by atoms with Crippen molar-refractivity contribution in [2.75, 3.05) is 9.80 Å². The van der Waals surface area contributed by atoms with Crippen molar-refractivity contribution in [3.63, 3.8) is 0 Å². The Hall–Kier alpha value is -5.06. The molecule has 2 aliphatic rings. The molecule has 0 bridgehead atoms. The van der Waals surface area contributed by atoms with Crippen LogP contribution in [0.3, 0.4) is 0 Å². The maximum absolute atomic E-state index is 13.9. The lowest BCUT2D eigenvalue weighted by molar-refractivity contribution is 0.0877. The number of fused-ring (bicyclic) bond motifs is 2. The van der Waals surface area contributed by atoms with E-state index in [0.29, 0.717) is 43.3 Å². The van der Waals surface area contributed by atoms with Crippen molar-refractivity contribution in [1.29, 1.82) is 0 Å². The molecule has 4 amide bonds. The summed E-state index contributed by atoms with van der Waals surface area (Å²) in [5.41, 5.74) is 3.33. The highest BCUT2D eigenvalue weighted by molar-refractivity contribution is 7.16. The molecule has 0 saturated carbocycles. The van der Waals surface area contributed by atoms with E-state index in [4.69, 9.17) is 0 Å². The van der Waals surface area contributed by atoms with E-state index in [2.05, 4.69) is 9.97 Å². The molecule has 44 heavy (non-hydrogen) atoms. The van der Waals surface area contributed by atoms with E-state index in [1.54, 1.807) is 24.3 Å². The number of nitrogens with zero attached hydrogens (tertiary/aromatic N) is 4. The monoisotopic (exact) mass is 612 g/mol. The molecule has 5 aromatic carbocycles. The van der Waals surface area contributed by atoms with Gasteiger partial charge in [-0.1, -0.05) is 24.3 Å². The minimum atomic E-state index is -0.403. The number of anilines is 2. The van der Waals surface area contributed by atoms with Gasteiger partial charge in [0.25, 0.3) is 23.6 Å². The fourth-order valence-corrected chi connectivity index (χ4v) is 8.53. The van der Waals surface area contributed by atoms with Crippen LogP contribution >= 0.6 is 22.7 Å². The number of benzene rings is 5. The highest BCUT2D eigenvalue weighted by Gasteiger charge is 2.39. The summed E-state index contributed by atoms with van der Waals surface area (Å²) in [5.74, 6) is -1.61. The van der Waals surface area contributed by atoms with Crippen LogP contribution in [0.4, 0.5) is 10.3 Å². The van der Waals surface area contributed by atoms with Crippen molar-refractivity contribution in [1.82, 2.24) is 9.97 Å². The van der Waals surface area contributed by atoms with Crippen LogP contribution in [-0.2, 0) is 0 Å². The number of hydrogen-bond donors (Lipinski definition) is 0. The number of hydrogen-bond acceptors (Lipinski definition) is 8. The number of thiazole rings is 2. The minimum Gasteiger partial charge on any atom is -0.268 e. The van der Waals surface area contributed by atoms with Gasteiger partial charge >= 0.3 is 0 Å². The summed E-state index contributed by atoms with van der Waals surface area (Å²) in [4.78, 5) is 68.7. The van der Waals surface area contributed by atoms with Gasteiger partial charge in [0.05, 0.1) is 11.4 Å². The molecule has 9 rings (SSSR count). The first-order chi connectivity index (χ1) is 21.2. The standard InChI is InChI=1S/C34H20N4O4S2/c1-13-15(3)43-33(35-13)37-29(39)21-9-5-17-19-7-11-23-28-24(32(42)38(31(23)41)34-36-14(2)16(4)44-34)12-8-20(26(19)28)18-6-10-22(30(37)40)27(21)25(17)18/h5-12H,1-4H3. The van der Waals surface area contributed by atoms with Crippen LogP contribution in [0.5, 0.6) is 0 Å². The molecule has 2 aromatic heterocycles. The molecule has 0 spiro atoms. The van der Waals surface area contributed by atoms with Gasteiger partial charge in [-0.05, 0) is 84.3 Å². The lowest BCUT2D eigenvalue weighted by Crippen LogP contribution is -2.40. The quantitative estimate of drug-likeness (QED) is 0.114. The number of amides is 4. The van der Waals surface area contributed by atoms with E-state index >= 15 is 0 Å². The number of aromatic nitrogens is 2. The second-order valence-electron chi connectivity index (χ2n) is 11.3. The Bertz CT molecular complexity index is 2210. The fraction of sp³-hybridized carbons (Fsp3) is 0.118. The normalized spacial score (nSPS) is 14.9. The third-order valence-corrected chi connectivity index (χ3v) is 11.2. The molecule has 7 aromatic rings. The predicted molar refractivity (Wildman–Crippen MR) is 173 cm³/mol. The van der Waals surface area contributed by atoms with Crippen molar-refractivity contribution in [3.8, 4) is 0 Å². The Morgan fingerprint density at radius 3 is 1.00 bits per heavy atom. The maximum Gasteiger partial charge on any atom is 0.267 e. The third-order valence-electron chi connectivity index (χ3n) is 9.05. The van der Waals surface area contributed by atoms with Gasteiger partial charge in [-0.15, -0.1) is 22.7 Å². The van der Waals surface area contributed by atoms with Crippen LogP contribution in [-0.4, -0.2) is 33.6 Å². The Kier molecular flexibility index (Phi) is 4.80. The lowest BCUT2D eigenvalue weighted by atomic mass is 9.82. The summed E-state index contributed by atoms with van der Waals surface area (Å²) in [7, 11) is 0. The van der Waals surface area contributed by atoms with Crippen LogP contribution in [0.15, 0.2) is 48.5 Å². The van der Waals surface area contributed by atoms with Gasteiger partial charge < -0.3 is 0 Å². The molecule has 212 valence electrons. The Balaban J connectivity index is 1.32. The van der Waals surface area contributed by atoms with Crippen LogP contribution < -0.4 is 9.80 Å². The largest absolute Gasteiger partial charge is 0.268 e. The van der Waals surface area contributed by atoms with Gasteiger partial charge in [-0.2, -0.15) is 0 Å². The van der Waals surface area contributed by atoms with E-state index in [0.717, 1.165) is 53.5 Å². The Labute approximate surface area is 257 Å². The van der Waals surface area contributed by atoms with Gasteiger partial charge in [-0.25, -0.2) is 19.8 Å². The molecule has 0 atom stereocenters. The fourth-order valence-electron chi connectivity index (χ4n) is 6.72. The molecule has 0 N–H and O–H groups in total. The first kappa shape index (κ1) is 25.4. The van der Waals surface area contributed by atoms with Crippen molar-refractivity contribution in [2.45, 2.75) is 27.7 Å². The molecular formula is C34H20N4O4S2. The van der Waals surface area contributed by atoms with Crippen LogP contribution in [0, 0.1) is 27.7 Å². The second-order valence-corrected chi connectivity index (χ2v) is 13.7. The van der Waals surface area contributed by atoms with Crippen LogP contribution in [0.2, 0.25) is 0 Å². The maximum atomic E-state index is 13.9. The summed E-state index contributed by atoms with van der Waals surface area (Å²) in [6.45, 7) is 7.56. The SMILES string of the molecule is Cc1nc(N2C(=O)c3ccc4c5ccc6c7c(ccc(c8ccc(c3c48)C2=O)c75)C(=O)N(c2nc(C)c(C)s2)C6=O)sc1C. The highest BCUT2D eigenvalue weighted by Crippen LogP contribution is 2.47. The van der Waals surface area contributed by atoms with Gasteiger partial charge in [-0.3, -0.25) is 19.2 Å². The third kappa shape index (κ3) is 2.96.